The van der Waals surface area contributed by atoms with Gasteiger partial charge in [0.05, 0.1) is 11.4 Å². The normalized spacial score (nSPS) is 13.0. The van der Waals surface area contributed by atoms with E-state index in [2.05, 4.69) is 14.9 Å². The molecule has 0 saturated heterocycles. The van der Waals surface area contributed by atoms with Crippen molar-refractivity contribution in [2.45, 2.75) is 13.5 Å². The molecule has 2 aromatic rings. The fourth-order valence-corrected chi connectivity index (χ4v) is 2.30. The lowest BCUT2D eigenvalue weighted by molar-refractivity contribution is 0.174. The number of nitrogens with zero attached hydrogens (tertiary/aromatic N) is 2. The van der Waals surface area contributed by atoms with Crippen molar-refractivity contribution in [3.8, 4) is 22.8 Å². The summed E-state index contributed by atoms with van der Waals surface area (Å²) in [7, 11) is 3.97. The van der Waals surface area contributed by atoms with E-state index in [1.165, 1.54) is 5.69 Å². The molecule has 1 aliphatic heterocycles. The number of ether oxygens (including phenoxy) is 2. The molecule has 3 rings (SSSR count). The van der Waals surface area contributed by atoms with Gasteiger partial charge in [0, 0.05) is 19.2 Å². The number of aryl methyl sites for hydroxylation is 1. The summed E-state index contributed by atoms with van der Waals surface area (Å²) >= 11 is 0. The molecule has 100 valence electrons. The first-order valence-electron chi connectivity index (χ1n) is 6.27. The molecular weight excluding hydrogens is 242 g/mol. The lowest BCUT2D eigenvalue weighted by atomic mass is 10.1. The first kappa shape index (κ1) is 12.0. The molecule has 0 saturated carbocycles. The van der Waals surface area contributed by atoms with Crippen LogP contribution in [-0.4, -0.2) is 23.4 Å². The van der Waals surface area contributed by atoms with Crippen molar-refractivity contribution in [1.82, 2.24) is 14.9 Å². The van der Waals surface area contributed by atoms with Crippen LogP contribution in [0.1, 0.15) is 11.5 Å². The van der Waals surface area contributed by atoms with Gasteiger partial charge in [-0.15, -0.1) is 0 Å². The summed E-state index contributed by atoms with van der Waals surface area (Å²) in [6.45, 7) is 3.08. The maximum Gasteiger partial charge on any atom is 0.231 e. The predicted octanol–water partition coefficient (Wildman–Crippen LogP) is 1.84. The summed E-state index contributed by atoms with van der Waals surface area (Å²) < 4.78 is 12.9. The van der Waals surface area contributed by atoms with E-state index in [1.54, 1.807) is 0 Å². The van der Waals surface area contributed by atoms with Crippen molar-refractivity contribution in [3.63, 3.8) is 0 Å². The second kappa shape index (κ2) is 4.59. The number of imidazole rings is 1. The van der Waals surface area contributed by atoms with Crippen molar-refractivity contribution in [2.75, 3.05) is 13.8 Å². The number of rotatable bonds is 3. The van der Waals surface area contributed by atoms with Crippen LogP contribution in [0.25, 0.3) is 11.3 Å². The van der Waals surface area contributed by atoms with E-state index >= 15 is 0 Å². The number of hydrogen-bond acceptors (Lipinski definition) is 4. The lowest BCUT2D eigenvalue weighted by Gasteiger charge is -2.06. The Morgan fingerprint density at radius 1 is 1.32 bits per heavy atom. The van der Waals surface area contributed by atoms with Gasteiger partial charge in [0.25, 0.3) is 0 Å². The summed E-state index contributed by atoms with van der Waals surface area (Å²) in [5.41, 5.74) is 3.21. The van der Waals surface area contributed by atoms with Crippen LogP contribution in [0.5, 0.6) is 11.5 Å². The van der Waals surface area contributed by atoms with Gasteiger partial charge in [-0.05, 0) is 32.2 Å². The second-order valence-corrected chi connectivity index (χ2v) is 4.61. The SMILES string of the molecule is CNCc1c(-c2ccc3c(c2)OCO3)nc(C)n1C. The highest BCUT2D eigenvalue weighted by atomic mass is 16.7. The van der Waals surface area contributed by atoms with Crippen molar-refractivity contribution in [1.29, 1.82) is 0 Å². The molecule has 0 unspecified atom stereocenters. The van der Waals surface area contributed by atoms with E-state index in [9.17, 15) is 0 Å². The minimum absolute atomic E-state index is 0.295. The summed E-state index contributed by atoms with van der Waals surface area (Å²) in [6.07, 6.45) is 0. The minimum atomic E-state index is 0.295. The second-order valence-electron chi connectivity index (χ2n) is 4.61. The molecule has 1 aromatic heterocycles. The molecule has 0 radical (unpaired) electrons. The number of nitrogens with one attached hydrogen (secondary N) is 1. The average Bonchev–Trinajstić information content (AvgIpc) is 2.98. The maximum atomic E-state index is 5.43. The fourth-order valence-electron chi connectivity index (χ4n) is 2.30. The van der Waals surface area contributed by atoms with Gasteiger partial charge in [-0.1, -0.05) is 0 Å². The van der Waals surface area contributed by atoms with Crippen LogP contribution in [0.4, 0.5) is 0 Å². The Balaban J connectivity index is 2.09. The molecule has 19 heavy (non-hydrogen) atoms. The molecule has 5 nitrogen and oxygen atoms in total. The van der Waals surface area contributed by atoms with Crippen LogP contribution in [0.2, 0.25) is 0 Å². The van der Waals surface area contributed by atoms with Crippen LogP contribution < -0.4 is 14.8 Å². The summed E-state index contributed by atoms with van der Waals surface area (Å²) in [5, 5.41) is 3.18. The quantitative estimate of drug-likeness (QED) is 0.913. The molecule has 2 heterocycles. The first-order chi connectivity index (χ1) is 9.20. The zero-order valence-corrected chi connectivity index (χ0v) is 11.4. The minimum Gasteiger partial charge on any atom is -0.454 e. The summed E-state index contributed by atoms with van der Waals surface area (Å²) in [5.74, 6) is 2.58. The third-order valence-electron chi connectivity index (χ3n) is 3.43. The molecule has 5 heteroatoms. The zero-order chi connectivity index (χ0) is 13.4. The molecule has 1 N–H and O–H groups in total. The highest BCUT2D eigenvalue weighted by Crippen LogP contribution is 2.36. The van der Waals surface area contributed by atoms with E-state index < -0.39 is 0 Å². The largest absolute Gasteiger partial charge is 0.454 e. The standard InChI is InChI=1S/C14H17N3O2/c1-9-16-14(11(7-15-2)17(9)3)10-4-5-12-13(6-10)19-8-18-12/h4-6,15H,7-8H2,1-3H3. The maximum absolute atomic E-state index is 5.43. The molecular formula is C14H17N3O2. The molecule has 1 aromatic carbocycles. The molecule has 0 fully saturated rings. The third-order valence-corrected chi connectivity index (χ3v) is 3.43. The first-order valence-corrected chi connectivity index (χ1v) is 6.27. The van der Waals surface area contributed by atoms with E-state index in [1.807, 2.05) is 39.2 Å². The summed E-state index contributed by atoms with van der Waals surface area (Å²) in [6, 6.07) is 5.95. The Morgan fingerprint density at radius 3 is 2.89 bits per heavy atom. The smallest absolute Gasteiger partial charge is 0.231 e. The van der Waals surface area contributed by atoms with Gasteiger partial charge in [-0.2, -0.15) is 0 Å². The topological polar surface area (TPSA) is 48.3 Å². The Kier molecular flexibility index (Phi) is 2.91. The van der Waals surface area contributed by atoms with Gasteiger partial charge in [0.15, 0.2) is 11.5 Å². The van der Waals surface area contributed by atoms with E-state index in [0.717, 1.165) is 35.1 Å². The average molecular weight is 259 g/mol. The molecule has 0 spiro atoms. The molecule has 0 aliphatic carbocycles. The van der Waals surface area contributed by atoms with Crippen molar-refractivity contribution < 1.29 is 9.47 Å². The molecule has 0 atom stereocenters. The van der Waals surface area contributed by atoms with Crippen LogP contribution in [0, 0.1) is 6.92 Å². The van der Waals surface area contributed by atoms with Crippen LogP contribution >= 0.6 is 0 Å². The van der Waals surface area contributed by atoms with E-state index in [0.29, 0.717) is 6.79 Å². The van der Waals surface area contributed by atoms with Crippen molar-refractivity contribution >= 4 is 0 Å². The number of fused-ring (bicyclic) bond motifs is 1. The van der Waals surface area contributed by atoms with Gasteiger partial charge in [-0.3, -0.25) is 0 Å². The van der Waals surface area contributed by atoms with Crippen LogP contribution in [-0.2, 0) is 13.6 Å². The lowest BCUT2D eigenvalue weighted by Crippen LogP contribution is -2.10. The molecule has 0 bridgehead atoms. The Hall–Kier alpha value is -2.01. The third kappa shape index (κ3) is 1.96. The van der Waals surface area contributed by atoms with Crippen molar-refractivity contribution in [2.24, 2.45) is 7.05 Å². The van der Waals surface area contributed by atoms with Gasteiger partial charge in [-0.25, -0.2) is 4.98 Å². The van der Waals surface area contributed by atoms with Gasteiger partial charge >= 0.3 is 0 Å². The van der Waals surface area contributed by atoms with E-state index in [-0.39, 0.29) is 0 Å². The van der Waals surface area contributed by atoms with Gasteiger partial charge < -0.3 is 19.4 Å². The zero-order valence-electron chi connectivity index (χ0n) is 11.4. The van der Waals surface area contributed by atoms with Gasteiger partial charge in [0.1, 0.15) is 5.82 Å². The Morgan fingerprint density at radius 2 is 2.11 bits per heavy atom. The monoisotopic (exact) mass is 259 g/mol. The number of aromatic nitrogens is 2. The van der Waals surface area contributed by atoms with Crippen LogP contribution in [0.3, 0.4) is 0 Å². The fraction of sp³-hybridized carbons (Fsp3) is 0.357. The van der Waals surface area contributed by atoms with Crippen molar-refractivity contribution in [3.05, 3.63) is 29.7 Å². The molecule has 0 amide bonds. The predicted molar refractivity (Wildman–Crippen MR) is 72.3 cm³/mol. The Bertz CT molecular complexity index is 619. The number of benzene rings is 1. The summed E-state index contributed by atoms with van der Waals surface area (Å²) in [4.78, 5) is 4.65. The van der Waals surface area contributed by atoms with Crippen LogP contribution in [0.15, 0.2) is 18.2 Å². The highest BCUT2D eigenvalue weighted by Gasteiger charge is 2.18. The number of hydrogen-bond donors (Lipinski definition) is 1. The van der Waals surface area contributed by atoms with E-state index in [4.69, 9.17) is 9.47 Å². The molecule has 1 aliphatic rings. The highest BCUT2D eigenvalue weighted by molar-refractivity contribution is 5.67. The Labute approximate surface area is 112 Å². The van der Waals surface area contributed by atoms with Gasteiger partial charge in [0.2, 0.25) is 6.79 Å².